The average Bonchev–Trinajstić information content (AvgIpc) is 2.82. The lowest BCUT2D eigenvalue weighted by Gasteiger charge is -2.29. The Labute approximate surface area is 208 Å². The normalized spacial score (nSPS) is 10.9. The molecule has 0 amide bonds. The number of benzene rings is 2. The molecule has 0 aliphatic rings. The highest BCUT2D eigenvalue weighted by Gasteiger charge is 2.18. The quantitative estimate of drug-likeness (QED) is 0.263. The summed E-state index contributed by atoms with van der Waals surface area (Å²) in [5.74, 6) is 1.86. The molecule has 2 aromatic rings. The Kier molecular flexibility index (Phi) is 15.2. The van der Waals surface area contributed by atoms with E-state index < -0.39 is 0 Å². The molecule has 0 spiro atoms. The molecule has 5 heteroatoms. The second kappa shape index (κ2) is 17.4. The van der Waals surface area contributed by atoms with Gasteiger partial charge in [0, 0.05) is 25.8 Å². The summed E-state index contributed by atoms with van der Waals surface area (Å²) in [5.41, 5.74) is 4.80. The molecule has 0 aliphatic heterocycles. The lowest BCUT2D eigenvalue weighted by atomic mass is 10.0. The SMILES string of the molecule is CCCC=C(NC)c1cc(C)c(Oc2ccccc2)c(N(CCCC)CCCC)c1.CNS. The van der Waals surface area contributed by atoms with Crippen LogP contribution in [-0.4, -0.2) is 27.2 Å². The number of ether oxygens (including phenoxy) is 1. The monoisotopic (exact) mass is 471 g/mol. The molecule has 2 aromatic carbocycles. The largest absolute Gasteiger partial charge is 0.455 e. The maximum Gasteiger partial charge on any atom is 0.153 e. The Morgan fingerprint density at radius 2 is 1.58 bits per heavy atom. The Bertz CT molecular complexity index is 800. The Morgan fingerprint density at radius 1 is 0.970 bits per heavy atom. The minimum Gasteiger partial charge on any atom is -0.455 e. The van der Waals surface area contributed by atoms with Crippen LogP contribution in [0.2, 0.25) is 0 Å². The number of anilines is 1. The molecule has 0 heterocycles. The Morgan fingerprint density at radius 3 is 2.09 bits per heavy atom. The van der Waals surface area contributed by atoms with Crippen molar-refractivity contribution >= 4 is 24.2 Å². The second-order valence-electron chi connectivity index (χ2n) is 8.13. The van der Waals surface area contributed by atoms with Gasteiger partial charge in [0.1, 0.15) is 5.75 Å². The van der Waals surface area contributed by atoms with Crippen LogP contribution in [0.4, 0.5) is 5.69 Å². The number of nitrogens with zero attached hydrogens (tertiary/aromatic N) is 1. The van der Waals surface area contributed by atoms with Crippen LogP contribution in [0.1, 0.15) is 70.4 Å². The van der Waals surface area contributed by atoms with Crippen LogP contribution < -0.4 is 19.7 Å². The lowest BCUT2D eigenvalue weighted by Crippen LogP contribution is -2.26. The van der Waals surface area contributed by atoms with E-state index in [1.54, 1.807) is 7.05 Å². The van der Waals surface area contributed by atoms with E-state index in [2.05, 4.69) is 73.7 Å². The van der Waals surface area contributed by atoms with E-state index in [9.17, 15) is 0 Å². The molecule has 0 unspecified atom stereocenters. The first-order valence-electron chi connectivity index (χ1n) is 12.4. The summed E-state index contributed by atoms with van der Waals surface area (Å²) in [5, 5.41) is 3.40. The van der Waals surface area contributed by atoms with Crippen LogP contribution in [0.25, 0.3) is 5.70 Å². The fourth-order valence-electron chi connectivity index (χ4n) is 3.59. The van der Waals surface area contributed by atoms with Crippen LogP contribution in [-0.2, 0) is 0 Å². The fraction of sp³-hybridized carbons (Fsp3) is 0.500. The van der Waals surface area contributed by atoms with Gasteiger partial charge in [0.15, 0.2) is 5.75 Å². The third kappa shape index (κ3) is 10.1. The molecule has 0 fully saturated rings. The van der Waals surface area contributed by atoms with Gasteiger partial charge >= 0.3 is 0 Å². The van der Waals surface area contributed by atoms with Gasteiger partial charge in [0.25, 0.3) is 0 Å². The number of aryl methyl sites for hydroxylation is 1. The van der Waals surface area contributed by atoms with Crippen molar-refractivity contribution < 1.29 is 4.74 Å². The number of rotatable bonds is 13. The van der Waals surface area contributed by atoms with Gasteiger partial charge in [-0.25, -0.2) is 0 Å². The molecule has 0 aromatic heterocycles. The summed E-state index contributed by atoms with van der Waals surface area (Å²) in [6, 6.07) is 14.7. The zero-order valence-electron chi connectivity index (χ0n) is 21.6. The molecule has 4 nitrogen and oxygen atoms in total. The van der Waals surface area contributed by atoms with Crippen LogP contribution in [0.5, 0.6) is 11.5 Å². The minimum atomic E-state index is 0.885. The number of hydrogen-bond acceptors (Lipinski definition) is 5. The summed E-state index contributed by atoms with van der Waals surface area (Å²) in [6.45, 7) is 11.0. The van der Waals surface area contributed by atoms with E-state index in [1.165, 1.54) is 48.2 Å². The zero-order valence-corrected chi connectivity index (χ0v) is 22.5. The van der Waals surface area contributed by atoms with E-state index >= 15 is 0 Å². The van der Waals surface area contributed by atoms with Crippen molar-refractivity contribution in [1.29, 1.82) is 0 Å². The van der Waals surface area contributed by atoms with Gasteiger partial charge in [-0.05, 0) is 68.6 Å². The van der Waals surface area contributed by atoms with E-state index in [4.69, 9.17) is 4.74 Å². The third-order valence-corrected chi connectivity index (χ3v) is 5.34. The van der Waals surface area contributed by atoms with Crippen molar-refractivity contribution in [3.05, 3.63) is 59.7 Å². The van der Waals surface area contributed by atoms with Crippen molar-refractivity contribution in [2.24, 2.45) is 0 Å². The van der Waals surface area contributed by atoms with E-state index in [-0.39, 0.29) is 0 Å². The maximum absolute atomic E-state index is 6.45. The molecule has 0 bridgehead atoms. The van der Waals surface area contributed by atoms with Crippen molar-refractivity contribution in [3.8, 4) is 11.5 Å². The lowest BCUT2D eigenvalue weighted by molar-refractivity contribution is 0.476. The number of nitrogens with one attached hydrogen (secondary N) is 2. The topological polar surface area (TPSA) is 36.5 Å². The molecule has 0 aliphatic carbocycles. The van der Waals surface area contributed by atoms with Gasteiger partial charge < -0.3 is 15.0 Å². The predicted molar refractivity (Wildman–Crippen MR) is 150 cm³/mol. The molecule has 0 radical (unpaired) electrons. The number of allylic oxidation sites excluding steroid dienone is 1. The van der Waals surface area contributed by atoms with Crippen LogP contribution in [0.3, 0.4) is 0 Å². The Hall–Kier alpha value is -2.11. The standard InChI is InChI=1S/C27H40N2O.CH5NS/c1-6-9-17-25(28-5)23-20-22(4)27(30-24-15-13-12-14-16-24)26(21-23)29(18-10-7-2)19-11-8-3;1-2-3/h12-17,20-21,28H,6-11,18-19H2,1-5H3;2-3H,1H3. The summed E-state index contributed by atoms with van der Waals surface area (Å²) in [7, 11) is 3.75. The fourth-order valence-corrected chi connectivity index (χ4v) is 3.59. The van der Waals surface area contributed by atoms with Crippen LogP contribution >= 0.6 is 12.8 Å². The highest BCUT2D eigenvalue weighted by atomic mass is 32.1. The first kappa shape index (κ1) is 28.9. The van der Waals surface area contributed by atoms with E-state index in [0.29, 0.717) is 0 Å². The van der Waals surface area contributed by atoms with Gasteiger partial charge in [-0.1, -0.05) is 77.1 Å². The van der Waals surface area contributed by atoms with Gasteiger partial charge in [-0.2, -0.15) is 0 Å². The van der Waals surface area contributed by atoms with Crippen molar-refractivity contribution in [2.45, 2.75) is 66.2 Å². The summed E-state index contributed by atoms with van der Waals surface area (Å²) in [4.78, 5) is 2.52. The molecule has 0 saturated carbocycles. The molecule has 2 rings (SSSR count). The zero-order chi connectivity index (χ0) is 24.5. The van der Waals surface area contributed by atoms with E-state index in [1.807, 2.05) is 37.4 Å². The number of thiol groups is 1. The Balaban J connectivity index is 0.00000172. The van der Waals surface area contributed by atoms with Gasteiger partial charge in [-0.15, -0.1) is 0 Å². The van der Waals surface area contributed by atoms with Gasteiger partial charge in [-0.3, -0.25) is 4.72 Å². The maximum atomic E-state index is 6.45. The van der Waals surface area contributed by atoms with Crippen molar-refractivity contribution in [2.75, 3.05) is 32.1 Å². The number of para-hydroxylation sites is 1. The molecule has 2 N–H and O–H groups in total. The summed E-state index contributed by atoms with van der Waals surface area (Å²) < 4.78 is 8.89. The van der Waals surface area contributed by atoms with E-state index in [0.717, 1.165) is 37.4 Å². The molecule has 0 saturated heterocycles. The highest BCUT2D eigenvalue weighted by molar-refractivity contribution is 7.78. The van der Waals surface area contributed by atoms with Gasteiger partial charge in [0.05, 0.1) is 5.69 Å². The first-order valence-corrected chi connectivity index (χ1v) is 12.8. The molecule has 0 atom stereocenters. The molecular weight excluding hydrogens is 426 g/mol. The molecule has 33 heavy (non-hydrogen) atoms. The summed E-state index contributed by atoms with van der Waals surface area (Å²) >= 11 is 3.54. The van der Waals surface area contributed by atoms with Crippen molar-refractivity contribution in [1.82, 2.24) is 10.0 Å². The van der Waals surface area contributed by atoms with Crippen LogP contribution in [0, 0.1) is 6.92 Å². The number of unbranched alkanes of at least 4 members (excludes halogenated alkanes) is 3. The minimum absolute atomic E-state index is 0.885. The second-order valence-corrected chi connectivity index (χ2v) is 8.58. The smallest absolute Gasteiger partial charge is 0.153 e. The van der Waals surface area contributed by atoms with Crippen molar-refractivity contribution in [3.63, 3.8) is 0 Å². The predicted octanol–water partition coefficient (Wildman–Crippen LogP) is 7.60. The average molecular weight is 472 g/mol. The molecular formula is C28H45N3OS. The van der Waals surface area contributed by atoms with Gasteiger partial charge in [0.2, 0.25) is 0 Å². The third-order valence-electron chi connectivity index (χ3n) is 5.34. The van der Waals surface area contributed by atoms with Crippen LogP contribution in [0.15, 0.2) is 48.5 Å². The molecule has 184 valence electrons. The number of hydrogen-bond donors (Lipinski definition) is 3. The highest BCUT2D eigenvalue weighted by Crippen LogP contribution is 2.38. The first-order chi connectivity index (χ1) is 16.1. The summed E-state index contributed by atoms with van der Waals surface area (Å²) in [6.07, 6.45) is 9.26.